The quantitative estimate of drug-likeness (QED) is 0.697. The smallest absolute Gasteiger partial charge is 0.254 e. The summed E-state index contributed by atoms with van der Waals surface area (Å²) >= 11 is 0. The van der Waals surface area contributed by atoms with E-state index in [4.69, 9.17) is 4.74 Å². The molecular formula is C25H32N4O3. The van der Waals surface area contributed by atoms with Gasteiger partial charge in [0, 0.05) is 57.1 Å². The number of aromatic nitrogens is 1. The highest BCUT2D eigenvalue weighted by Crippen LogP contribution is 2.17. The van der Waals surface area contributed by atoms with Crippen molar-refractivity contribution in [1.82, 2.24) is 19.7 Å². The average Bonchev–Trinajstić information content (AvgIpc) is 2.87. The Balaban J connectivity index is 1.29. The summed E-state index contributed by atoms with van der Waals surface area (Å²) in [5.74, 6) is 0.643. The number of hydrogen-bond donors (Lipinski definition) is 0. The van der Waals surface area contributed by atoms with Crippen LogP contribution in [-0.4, -0.2) is 76.8 Å². The van der Waals surface area contributed by atoms with E-state index in [9.17, 15) is 9.59 Å². The van der Waals surface area contributed by atoms with Gasteiger partial charge in [-0.2, -0.15) is 0 Å². The average molecular weight is 437 g/mol. The number of piperazine rings is 1. The predicted octanol–water partition coefficient (Wildman–Crippen LogP) is 2.82. The maximum Gasteiger partial charge on any atom is 0.254 e. The van der Waals surface area contributed by atoms with E-state index in [1.807, 2.05) is 47.1 Å². The molecule has 1 aromatic carbocycles. The van der Waals surface area contributed by atoms with E-state index in [-0.39, 0.29) is 17.9 Å². The fraction of sp³-hybridized carbons (Fsp3) is 0.480. The molecule has 2 aliphatic rings. The van der Waals surface area contributed by atoms with Crippen molar-refractivity contribution in [2.24, 2.45) is 0 Å². The van der Waals surface area contributed by atoms with Gasteiger partial charge in [-0.15, -0.1) is 0 Å². The Labute approximate surface area is 190 Å². The molecule has 7 heteroatoms. The third-order valence-electron chi connectivity index (χ3n) is 6.39. The van der Waals surface area contributed by atoms with Crippen molar-refractivity contribution in [2.45, 2.75) is 38.8 Å². The molecule has 7 nitrogen and oxygen atoms in total. The zero-order chi connectivity index (χ0) is 22.3. The molecule has 2 fully saturated rings. The number of carbonyl (C=O) groups is 2. The third-order valence-corrected chi connectivity index (χ3v) is 6.39. The molecule has 0 spiro atoms. The number of amides is 2. The Kier molecular flexibility index (Phi) is 7.37. The van der Waals surface area contributed by atoms with E-state index in [0.29, 0.717) is 44.2 Å². The summed E-state index contributed by atoms with van der Waals surface area (Å²) in [6.45, 7) is 6.78. The number of likely N-dealkylation sites (tertiary alicyclic amines) is 1. The molecule has 170 valence electrons. The maximum absolute atomic E-state index is 13.0. The van der Waals surface area contributed by atoms with Crippen molar-refractivity contribution in [2.75, 3.05) is 39.3 Å². The van der Waals surface area contributed by atoms with Gasteiger partial charge < -0.3 is 14.5 Å². The zero-order valence-electron chi connectivity index (χ0n) is 18.8. The van der Waals surface area contributed by atoms with Crippen LogP contribution >= 0.6 is 0 Å². The molecule has 3 heterocycles. The molecular weight excluding hydrogens is 404 g/mol. The molecule has 4 rings (SSSR count). The monoisotopic (exact) mass is 436 g/mol. The topological polar surface area (TPSA) is 66.0 Å². The summed E-state index contributed by atoms with van der Waals surface area (Å²) < 4.78 is 5.77. The van der Waals surface area contributed by atoms with E-state index in [0.717, 1.165) is 31.5 Å². The van der Waals surface area contributed by atoms with Crippen molar-refractivity contribution in [3.63, 3.8) is 0 Å². The molecule has 2 aromatic rings. The lowest BCUT2D eigenvalue weighted by atomic mass is 10.1. The SMILES string of the molecule is CC(C(=O)N1CCCCC1)N1CCN(C(=O)c2ccnc(OCc3ccccc3)c2)CC1. The molecule has 0 bridgehead atoms. The van der Waals surface area contributed by atoms with E-state index >= 15 is 0 Å². The molecule has 1 atom stereocenters. The predicted molar refractivity (Wildman–Crippen MR) is 122 cm³/mol. The van der Waals surface area contributed by atoms with Gasteiger partial charge in [0.25, 0.3) is 5.91 Å². The highest BCUT2D eigenvalue weighted by atomic mass is 16.5. The summed E-state index contributed by atoms with van der Waals surface area (Å²) in [5.41, 5.74) is 1.63. The van der Waals surface area contributed by atoms with Gasteiger partial charge >= 0.3 is 0 Å². The number of hydrogen-bond acceptors (Lipinski definition) is 5. The minimum absolute atomic E-state index is 0.0216. The third kappa shape index (κ3) is 5.46. The van der Waals surface area contributed by atoms with Gasteiger partial charge in [0.15, 0.2) is 0 Å². The molecule has 0 aliphatic carbocycles. The highest BCUT2D eigenvalue weighted by molar-refractivity contribution is 5.94. The first-order valence-electron chi connectivity index (χ1n) is 11.6. The Bertz CT molecular complexity index is 906. The van der Waals surface area contributed by atoms with Crippen molar-refractivity contribution >= 4 is 11.8 Å². The van der Waals surface area contributed by atoms with Gasteiger partial charge in [-0.1, -0.05) is 30.3 Å². The lowest BCUT2D eigenvalue weighted by Gasteiger charge is -2.39. The molecule has 2 saturated heterocycles. The summed E-state index contributed by atoms with van der Waals surface area (Å²) in [6.07, 6.45) is 5.03. The van der Waals surface area contributed by atoms with Crippen LogP contribution < -0.4 is 4.74 Å². The van der Waals surface area contributed by atoms with Crippen molar-refractivity contribution in [3.05, 3.63) is 59.8 Å². The lowest BCUT2D eigenvalue weighted by molar-refractivity contribution is -0.137. The molecule has 32 heavy (non-hydrogen) atoms. The van der Waals surface area contributed by atoms with Crippen LogP contribution in [0.3, 0.4) is 0 Å². The first kappa shape index (κ1) is 22.3. The largest absolute Gasteiger partial charge is 0.473 e. The van der Waals surface area contributed by atoms with Crippen LogP contribution in [0.15, 0.2) is 48.7 Å². The first-order valence-corrected chi connectivity index (χ1v) is 11.6. The molecule has 0 N–H and O–H groups in total. The standard InChI is InChI=1S/C25H32N4O3/c1-20(24(30)28-12-6-3-7-13-28)27-14-16-29(17-15-27)25(31)22-10-11-26-23(18-22)32-19-21-8-4-2-5-9-21/h2,4-5,8-11,18,20H,3,6-7,12-17,19H2,1H3. The van der Waals surface area contributed by atoms with Crippen molar-refractivity contribution in [1.29, 1.82) is 0 Å². The fourth-order valence-corrected chi connectivity index (χ4v) is 4.38. The minimum Gasteiger partial charge on any atom is -0.473 e. The van der Waals surface area contributed by atoms with Gasteiger partial charge in [-0.05, 0) is 37.8 Å². The second-order valence-corrected chi connectivity index (χ2v) is 8.55. The number of ether oxygens (including phenoxy) is 1. The number of nitrogens with zero attached hydrogens (tertiary/aromatic N) is 4. The molecule has 0 saturated carbocycles. The van der Waals surface area contributed by atoms with Crippen LogP contribution in [-0.2, 0) is 11.4 Å². The number of piperidine rings is 1. The van der Waals surface area contributed by atoms with Crippen LogP contribution in [0.1, 0.15) is 42.1 Å². The number of benzene rings is 1. The lowest BCUT2D eigenvalue weighted by Crippen LogP contribution is -2.56. The summed E-state index contributed by atoms with van der Waals surface area (Å²) in [6, 6.07) is 13.2. The van der Waals surface area contributed by atoms with Crippen LogP contribution in [0.4, 0.5) is 0 Å². The number of carbonyl (C=O) groups excluding carboxylic acids is 2. The van der Waals surface area contributed by atoms with Gasteiger partial charge in [0.1, 0.15) is 6.61 Å². The Morgan fingerprint density at radius 2 is 1.66 bits per heavy atom. The molecule has 2 amide bonds. The summed E-state index contributed by atoms with van der Waals surface area (Å²) in [4.78, 5) is 36.1. The molecule has 0 radical (unpaired) electrons. The van der Waals surface area contributed by atoms with Gasteiger partial charge in [-0.25, -0.2) is 4.98 Å². The normalized spacial score (nSPS) is 18.3. The number of rotatable bonds is 6. The Hall–Kier alpha value is -2.93. The van der Waals surface area contributed by atoms with Crippen LogP contribution in [0, 0.1) is 0 Å². The highest BCUT2D eigenvalue weighted by Gasteiger charge is 2.30. The second-order valence-electron chi connectivity index (χ2n) is 8.55. The number of pyridine rings is 1. The minimum atomic E-state index is -0.135. The molecule has 1 aromatic heterocycles. The van der Waals surface area contributed by atoms with Gasteiger partial charge in [0.2, 0.25) is 11.8 Å². The first-order chi connectivity index (χ1) is 15.6. The Morgan fingerprint density at radius 3 is 2.38 bits per heavy atom. The summed E-state index contributed by atoms with van der Waals surface area (Å²) in [7, 11) is 0. The maximum atomic E-state index is 13.0. The molecule has 1 unspecified atom stereocenters. The van der Waals surface area contributed by atoms with Crippen molar-refractivity contribution in [3.8, 4) is 5.88 Å². The van der Waals surface area contributed by atoms with E-state index in [1.54, 1.807) is 18.3 Å². The van der Waals surface area contributed by atoms with Crippen LogP contribution in [0.25, 0.3) is 0 Å². The van der Waals surface area contributed by atoms with Crippen LogP contribution in [0.5, 0.6) is 5.88 Å². The van der Waals surface area contributed by atoms with Gasteiger partial charge in [-0.3, -0.25) is 14.5 Å². The van der Waals surface area contributed by atoms with Crippen molar-refractivity contribution < 1.29 is 14.3 Å². The zero-order valence-corrected chi connectivity index (χ0v) is 18.8. The summed E-state index contributed by atoms with van der Waals surface area (Å²) in [5, 5.41) is 0. The molecule has 2 aliphatic heterocycles. The van der Waals surface area contributed by atoms with Crippen LogP contribution in [0.2, 0.25) is 0 Å². The van der Waals surface area contributed by atoms with E-state index in [1.165, 1.54) is 6.42 Å². The second kappa shape index (κ2) is 10.6. The van der Waals surface area contributed by atoms with Gasteiger partial charge in [0.05, 0.1) is 6.04 Å². The Morgan fingerprint density at radius 1 is 0.938 bits per heavy atom. The van der Waals surface area contributed by atoms with E-state index < -0.39 is 0 Å². The fourth-order valence-electron chi connectivity index (χ4n) is 4.38. The van der Waals surface area contributed by atoms with E-state index in [2.05, 4.69) is 9.88 Å².